The summed E-state index contributed by atoms with van der Waals surface area (Å²) in [5.74, 6) is 0. The van der Waals surface area contributed by atoms with Crippen LogP contribution in [0, 0.1) is 0 Å². The maximum Gasteiger partial charge on any atom is 0.153 e. The van der Waals surface area contributed by atoms with Gasteiger partial charge in [-0.05, 0) is 48.7 Å². The molecule has 4 heterocycles. The first-order valence-electron chi connectivity index (χ1n) is 10.1. The highest BCUT2D eigenvalue weighted by atomic mass is 16.3. The fourth-order valence-corrected chi connectivity index (χ4v) is 4.27. The molecule has 1 saturated carbocycles. The largest absolute Gasteiger partial charge is 0.394 e. The normalized spacial score (nSPS) is 15.1. The first kappa shape index (κ1) is 17.3. The summed E-state index contributed by atoms with van der Waals surface area (Å²) in [5, 5.41) is 19.5. The van der Waals surface area contributed by atoms with Crippen molar-refractivity contribution in [3.63, 3.8) is 0 Å². The SMILES string of the molecule is OCCn1cc(-c2ccc3ncc(C4(c5ccc6ncccc6c5)CC4)n3n2)cn1. The molecule has 7 heteroatoms. The Kier molecular flexibility index (Phi) is 3.73. The minimum atomic E-state index is -0.0594. The van der Waals surface area contributed by atoms with E-state index >= 15 is 0 Å². The molecule has 0 amide bonds. The fourth-order valence-electron chi connectivity index (χ4n) is 4.27. The molecule has 0 aliphatic heterocycles. The quantitative estimate of drug-likeness (QED) is 0.493. The van der Waals surface area contributed by atoms with Crippen LogP contribution in [0.15, 0.2) is 67.3 Å². The molecule has 1 aliphatic carbocycles. The van der Waals surface area contributed by atoms with Gasteiger partial charge < -0.3 is 5.11 Å². The maximum atomic E-state index is 9.13. The molecule has 0 bridgehead atoms. The van der Waals surface area contributed by atoms with Gasteiger partial charge in [0.2, 0.25) is 0 Å². The molecule has 5 aromatic rings. The van der Waals surface area contributed by atoms with Crippen LogP contribution in [-0.2, 0) is 12.0 Å². The van der Waals surface area contributed by atoms with Gasteiger partial charge in [-0.25, -0.2) is 9.50 Å². The number of nitrogens with zero attached hydrogens (tertiary/aromatic N) is 6. The molecule has 0 spiro atoms. The van der Waals surface area contributed by atoms with Gasteiger partial charge in [0.1, 0.15) is 0 Å². The van der Waals surface area contributed by atoms with Crippen molar-refractivity contribution < 1.29 is 5.11 Å². The van der Waals surface area contributed by atoms with E-state index in [4.69, 9.17) is 10.2 Å². The molecule has 4 aromatic heterocycles. The summed E-state index contributed by atoms with van der Waals surface area (Å²) >= 11 is 0. The van der Waals surface area contributed by atoms with Crippen LogP contribution in [0.3, 0.4) is 0 Å². The molecule has 7 nitrogen and oxygen atoms in total. The molecule has 0 atom stereocenters. The Morgan fingerprint density at radius 2 is 1.97 bits per heavy atom. The van der Waals surface area contributed by atoms with Crippen LogP contribution in [-0.4, -0.2) is 41.1 Å². The van der Waals surface area contributed by atoms with Crippen molar-refractivity contribution in [1.29, 1.82) is 0 Å². The third-order valence-electron chi connectivity index (χ3n) is 6.02. The molecule has 1 aromatic carbocycles. The van der Waals surface area contributed by atoms with Gasteiger partial charge in [-0.15, -0.1) is 0 Å². The molecule has 0 unspecified atom stereocenters. The number of hydrogen-bond acceptors (Lipinski definition) is 5. The van der Waals surface area contributed by atoms with E-state index in [1.807, 2.05) is 41.3 Å². The fraction of sp³-hybridized carbons (Fsp3) is 0.217. The van der Waals surface area contributed by atoms with Gasteiger partial charge in [0.15, 0.2) is 5.65 Å². The third kappa shape index (κ3) is 2.63. The second-order valence-corrected chi connectivity index (χ2v) is 7.84. The van der Waals surface area contributed by atoms with E-state index in [0.29, 0.717) is 6.54 Å². The molecule has 0 radical (unpaired) electrons. The molecule has 148 valence electrons. The van der Waals surface area contributed by atoms with Crippen LogP contribution in [0.1, 0.15) is 24.1 Å². The lowest BCUT2D eigenvalue weighted by Gasteiger charge is -2.16. The van der Waals surface area contributed by atoms with E-state index in [9.17, 15) is 0 Å². The summed E-state index contributed by atoms with van der Waals surface area (Å²) in [6, 6.07) is 14.6. The molecule has 6 rings (SSSR count). The van der Waals surface area contributed by atoms with E-state index in [-0.39, 0.29) is 12.0 Å². The van der Waals surface area contributed by atoms with Crippen molar-refractivity contribution in [1.82, 2.24) is 29.4 Å². The molecule has 1 N–H and O–H groups in total. The highest BCUT2D eigenvalue weighted by Crippen LogP contribution is 2.53. The van der Waals surface area contributed by atoms with Crippen LogP contribution in [0.25, 0.3) is 27.8 Å². The van der Waals surface area contributed by atoms with Crippen molar-refractivity contribution in [2.45, 2.75) is 24.8 Å². The first-order chi connectivity index (χ1) is 14.8. The summed E-state index contributed by atoms with van der Waals surface area (Å²) < 4.78 is 3.70. The molecule has 0 saturated heterocycles. The summed E-state index contributed by atoms with van der Waals surface area (Å²) in [5.41, 5.74) is 5.95. The van der Waals surface area contributed by atoms with Gasteiger partial charge in [0, 0.05) is 28.8 Å². The Hall–Kier alpha value is -3.58. The summed E-state index contributed by atoms with van der Waals surface area (Å²) in [6.45, 7) is 0.529. The van der Waals surface area contributed by atoms with Crippen LogP contribution >= 0.6 is 0 Å². The molecule has 1 fully saturated rings. The number of rotatable bonds is 5. The Morgan fingerprint density at radius 3 is 2.83 bits per heavy atom. The average Bonchev–Trinajstić information content (AvgIpc) is 3.25. The highest BCUT2D eigenvalue weighted by molar-refractivity contribution is 5.79. The third-order valence-corrected chi connectivity index (χ3v) is 6.02. The van der Waals surface area contributed by atoms with Crippen LogP contribution < -0.4 is 0 Å². The lowest BCUT2D eigenvalue weighted by atomic mass is 9.91. The number of fused-ring (bicyclic) bond motifs is 2. The van der Waals surface area contributed by atoms with E-state index in [1.54, 1.807) is 10.9 Å². The molecular weight excluding hydrogens is 376 g/mol. The zero-order valence-electron chi connectivity index (χ0n) is 16.3. The van der Waals surface area contributed by atoms with Crippen molar-refractivity contribution in [2.24, 2.45) is 0 Å². The maximum absolute atomic E-state index is 9.13. The first-order valence-corrected chi connectivity index (χ1v) is 10.1. The molecular formula is C23H20N6O. The van der Waals surface area contributed by atoms with Gasteiger partial charge in [-0.3, -0.25) is 9.67 Å². The summed E-state index contributed by atoms with van der Waals surface area (Å²) in [7, 11) is 0. The van der Waals surface area contributed by atoms with E-state index < -0.39 is 0 Å². The van der Waals surface area contributed by atoms with Gasteiger partial charge in [0.05, 0.1) is 42.4 Å². The number of imidazole rings is 1. The Morgan fingerprint density at radius 1 is 1.03 bits per heavy atom. The van der Waals surface area contributed by atoms with Gasteiger partial charge in [-0.1, -0.05) is 12.1 Å². The molecule has 30 heavy (non-hydrogen) atoms. The minimum Gasteiger partial charge on any atom is -0.394 e. The number of benzene rings is 1. The number of aliphatic hydroxyl groups is 1. The lowest BCUT2D eigenvalue weighted by Crippen LogP contribution is -2.13. The van der Waals surface area contributed by atoms with Gasteiger partial charge >= 0.3 is 0 Å². The van der Waals surface area contributed by atoms with Crippen LogP contribution in [0.5, 0.6) is 0 Å². The molecule has 1 aliphatic rings. The Balaban J connectivity index is 1.45. The second kappa shape index (κ2) is 6.47. The number of hydrogen-bond donors (Lipinski definition) is 1. The number of aliphatic hydroxyl groups excluding tert-OH is 1. The Labute approximate surface area is 172 Å². The van der Waals surface area contributed by atoms with Crippen LogP contribution in [0.4, 0.5) is 0 Å². The topological polar surface area (TPSA) is 81.1 Å². The Bertz CT molecular complexity index is 1380. The summed E-state index contributed by atoms with van der Waals surface area (Å²) in [6.07, 6.45) is 9.63. The van der Waals surface area contributed by atoms with E-state index in [2.05, 4.69) is 39.3 Å². The average molecular weight is 396 g/mol. The van der Waals surface area contributed by atoms with Gasteiger partial charge in [0.25, 0.3) is 0 Å². The van der Waals surface area contributed by atoms with Crippen molar-refractivity contribution >= 4 is 16.6 Å². The van der Waals surface area contributed by atoms with Gasteiger partial charge in [-0.2, -0.15) is 10.2 Å². The minimum absolute atomic E-state index is 0.0586. The predicted molar refractivity (Wildman–Crippen MR) is 113 cm³/mol. The lowest BCUT2D eigenvalue weighted by molar-refractivity contribution is 0.269. The van der Waals surface area contributed by atoms with Crippen LogP contribution in [0.2, 0.25) is 0 Å². The van der Waals surface area contributed by atoms with E-state index in [0.717, 1.165) is 46.3 Å². The number of aromatic nitrogens is 6. The summed E-state index contributed by atoms with van der Waals surface area (Å²) in [4.78, 5) is 9.06. The number of pyridine rings is 1. The predicted octanol–water partition coefficient (Wildman–Crippen LogP) is 3.21. The standard InChI is InChI=1S/C23H20N6O/c30-11-10-28-15-17(13-26-28)20-5-6-22-25-14-21(29(22)27-20)23(7-8-23)18-3-4-19-16(12-18)2-1-9-24-19/h1-6,9,12-15,30H,7-8,10-11H2. The van der Waals surface area contributed by atoms with Crippen molar-refractivity contribution in [3.8, 4) is 11.3 Å². The van der Waals surface area contributed by atoms with Crippen molar-refractivity contribution in [3.05, 3.63) is 78.5 Å². The monoisotopic (exact) mass is 396 g/mol. The van der Waals surface area contributed by atoms with Crippen molar-refractivity contribution in [2.75, 3.05) is 6.61 Å². The van der Waals surface area contributed by atoms with E-state index in [1.165, 1.54) is 5.56 Å². The zero-order valence-corrected chi connectivity index (χ0v) is 16.3. The highest BCUT2D eigenvalue weighted by Gasteiger charge is 2.48. The second-order valence-electron chi connectivity index (χ2n) is 7.84. The zero-order chi connectivity index (χ0) is 20.1. The smallest absolute Gasteiger partial charge is 0.153 e.